The molecule has 2 rings (SSSR count). The van der Waals surface area contributed by atoms with Gasteiger partial charge in [-0.05, 0) is 36.2 Å². The average Bonchev–Trinajstić information content (AvgIpc) is 2.43. The molecule has 0 radical (unpaired) electrons. The first-order valence-electron chi connectivity index (χ1n) is 7.09. The molecule has 112 valence electrons. The van der Waals surface area contributed by atoms with Crippen LogP contribution in [0.15, 0.2) is 36.7 Å². The smallest absolute Gasteiger partial charge is 0.127 e. The van der Waals surface area contributed by atoms with Gasteiger partial charge in [-0.25, -0.2) is 4.39 Å². The van der Waals surface area contributed by atoms with Crippen LogP contribution in [0.4, 0.5) is 4.39 Å². The maximum Gasteiger partial charge on any atom is 0.127 e. The van der Waals surface area contributed by atoms with Gasteiger partial charge in [0, 0.05) is 36.6 Å². The fourth-order valence-corrected chi connectivity index (χ4v) is 1.99. The van der Waals surface area contributed by atoms with Crippen LogP contribution in [0.1, 0.15) is 30.5 Å². The van der Waals surface area contributed by atoms with Gasteiger partial charge in [0.25, 0.3) is 0 Å². The Morgan fingerprint density at radius 2 is 1.95 bits per heavy atom. The monoisotopic (exact) mass is 288 g/mol. The summed E-state index contributed by atoms with van der Waals surface area (Å²) in [4.78, 5) is 4.12. The molecule has 3 nitrogen and oxygen atoms in total. The average molecular weight is 288 g/mol. The topological polar surface area (TPSA) is 34.1 Å². The Morgan fingerprint density at radius 3 is 2.67 bits per heavy atom. The van der Waals surface area contributed by atoms with Crippen LogP contribution < -0.4 is 10.1 Å². The molecule has 0 bridgehead atoms. The lowest BCUT2D eigenvalue weighted by atomic mass is 10.2. The number of nitrogens with zero attached hydrogens (tertiary/aromatic N) is 1. The van der Waals surface area contributed by atoms with Gasteiger partial charge in [-0.1, -0.05) is 13.8 Å². The van der Waals surface area contributed by atoms with Gasteiger partial charge in [0.2, 0.25) is 0 Å². The lowest BCUT2D eigenvalue weighted by Crippen LogP contribution is -2.21. The highest BCUT2D eigenvalue weighted by Crippen LogP contribution is 2.18. The van der Waals surface area contributed by atoms with Gasteiger partial charge in [0.1, 0.15) is 18.2 Å². The van der Waals surface area contributed by atoms with Crippen LogP contribution in [-0.2, 0) is 13.2 Å². The number of halogens is 1. The highest BCUT2D eigenvalue weighted by molar-refractivity contribution is 5.30. The Bertz CT molecular complexity index is 599. The Balaban J connectivity index is 2.02. The normalized spacial score (nSPS) is 10.9. The minimum Gasteiger partial charge on any atom is -0.489 e. The van der Waals surface area contributed by atoms with Crippen LogP contribution in [0.25, 0.3) is 0 Å². The van der Waals surface area contributed by atoms with E-state index in [-0.39, 0.29) is 5.82 Å². The molecule has 0 aliphatic carbocycles. The summed E-state index contributed by atoms with van der Waals surface area (Å²) >= 11 is 0. The van der Waals surface area contributed by atoms with Crippen molar-refractivity contribution in [3.8, 4) is 5.75 Å². The number of hydrogen-bond acceptors (Lipinski definition) is 3. The van der Waals surface area contributed by atoms with Crippen molar-refractivity contribution < 1.29 is 9.13 Å². The van der Waals surface area contributed by atoms with Crippen molar-refractivity contribution in [1.29, 1.82) is 0 Å². The van der Waals surface area contributed by atoms with Crippen LogP contribution in [0.3, 0.4) is 0 Å². The molecule has 1 N–H and O–H groups in total. The molecule has 0 aliphatic rings. The van der Waals surface area contributed by atoms with E-state index in [4.69, 9.17) is 4.74 Å². The number of hydrogen-bond donors (Lipinski definition) is 1. The minimum absolute atomic E-state index is 0.282. The van der Waals surface area contributed by atoms with E-state index in [0.29, 0.717) is 24.9 Å². The lowest BCUT2D eigenvalue weighted by molar-refractivity contribution is 0.303. The molecule has 21 heavy (non-hydrogen) atoms. The third-order valence-electron chi connectivity index (χ3n) is 2.98. The van der Waals surface area contributed by atoms with Gasteiger partial charge >= 0.3 is 0 Å². The quantitative estimate of drug-likeness (QED) is 0.881. The Labute approximate surface area is 125 Å². The summed E-state index contributed by atoms with van der Waals surface area (Å²) in [5, 5.41) is 3.27. The van der Waals surface area contributed by atoms with E-state index in [1.54, 1.807) is 12.4 Å². The number of aryl methyl sites for hydroxylation is 1. The molecule has 0 unspecified atom stereocenters. The van der Waals surface area contributed by atoms with E-state index in [2.05, 4.69) is 24.1 Å². The van der Waals surface area contributed by atoms with Gasteiger partial charge in [-0.15, -0.1) is 0 Å². The summed E-state index contributed by atoms with van der Waals surface area (Å²) in [5.74, 6) is 0.257. The first-order chi connectivity index (χ1) is 10.0. The SMILES string of the molecule is Cc1cncc(COc2cc(F)cc(CNC(C)C)c2)c1. The first kappa shape index (κ1) is 15.4. The number of pyridine rings is 1. The maximum atomic E-state index is 13.6. The zero-order valence-electron chi connectivity index (χ0n) is 12.7. The molecule has 0 amide bonds. The van der Waals surface area contributed by atoms with Crippen molar-refractivity contribution in [2.45, 2.75) is 40.0 Å². The number of ether oxygens (including phenoxy) is 1. The fourth-order valence-electron chi connectivity index (χ4n) is 1.99. The molecule has 2 aromatic rings. The molecular formula is C17H21FN2O. The van der Waals surface area contributed by atoms with Gasteiger partial charge < -0.3 is 10.1 Å². The summed E-state index contributed by atoms with van der Waals surface area (Å²) in [6, 6.07) is 7.16. The van der Waals surface area contributed by atoms with E-state index in [9.17, 15) is 4.39 Å². The zero-order chi connectivity index (χ0) is 15.2. The van der Waals surface area contributed by atoms with Crippen LogP contribution in [0.5, 0.6) is 5.75 Å². The molecule has 0 spiro atoms. The molecule has 0 atom stereocenters. The Kier molecular flexibility index (Phi) is 5.28. The van der Waals surface area contributed by atoms with Crippen molar-refractivity contribution in [3.05, 3.63) is 59.2 Å². The molecule has 0 fully saturated rings. The summed E-state index contributed by atoms with van der Waals surface area (Å²) in [6.07, 6.45) is 3.55. The molecule has 1 heterocycles. The van der Waals surface area contributed by atoms with Crippen molar-refractivity contribution in [2.75, 3.05) is 0 Å². The van der Waals surface area contributed by atoms with Crippen molar-refractivity contribution in [1.82, 2.24) is 10.3 Å². The standard InChI is InChI=1S/C17H21FN2O/c1-12(2)20-10-14-5-16(18)7-17(6-14)21-11-15-4-13(3)8-19-9-15/h4-9,12,20H,10-11H2,1-3H3. The van der Waals surface area contributed by atoms with Crippen LogP contribution in [0.2, 0.25) is 0 Å². The van der Waals surface area contributed by atoms with Gasteiger partial charge in [0.15, 0.2) is 0 Å². The molecule has 4 heteroatoms. The van der Waals surface area contributed by atoms with E-state index in [1.807, 2.05) is 19.1 Å². The number of nitrogens with one attached hydrogen (secondary N) is 1. The summed E-state index contributed by atoms with van der Waals surface area (Å²) in [5.41, 5.74) is 2.93. The van der Waals surface area contributed by atoms with E-state index >= 15 is 0 Å². The summed E-state index contributed by atoms with van der Waals surface area (Å²) in [7, 11) is 0. The molecular weight excluding hydrogens is 267 g/mol. The predicted octanol–water partition coefficient (Wildman–Crippen LogP) is 3.61. The third kappa shape index (κ3) is 5.16. The van der Waals surface area contributed by atoms with Gasteiger partial charge in [-0.3, -0.25) is 4.98 Å². The van der Waals surface area contributed by atoms with Gasteiger partial charge in [-0.2, -0.15) is 0 Å². The van der Waals surface area contributed by atoms with E-state index < -0.39 is 0 Å². The molecule has 1 aromatic carbocycles. The second kappa shape index (κ2) is 7.18. The van der Waals surface area contributed by atoms with Crippen LogP contribution in [-0.4, -0.2) is 11.0 Å². The number of aromatic nitrogens is 1. The highest BCUT2D eigenvalue weighted by Gasteiger charge is 2.04. The molecule has 1 aromatic heterocycles. The number of benzene rings is 1. The van der Waals surface area contributed by atoms with E-state index in [0.717, 1.165) is 16.7 Å². The first-order valence-corrected chi connectivity index (χ1v) is 7.09. The second-order valence-corrected chi connectivity index (χ2v) is 5.49. The Morgan fingerprint density at radius 1 is 1.14 bits per heavy atom. The van der Waals surface area contributed by atoms with Crippen molar-refractivity contribution >= 4 is 0 Å². The predicted molar refractivity (Wildman–Crippen MR) is 81.7 cm³/mol. The highest BCUT2D eigenvalue weighted by atomic mass is 19.1. The van der Waals surface area contributed by atoms with Crippen LogP contribution >= 0.6 is 0 Å². The molecule has 0 saturated heterocycles. The van der Waals surface area contributed by atoms with Crippen LogP contribution in [0, 0.1) is 12.7 Å². The fraction of sp³-hybridized carbons (Fsp3) is 0.353. The van der Waals surface area contributed by atoms with Gasteiger partial charge in [0.05, 0.1) is 0 Å². The van der Waals surface area contributed by atoms with Crippen molar-refractivity contribution in [3.63, 3.8) is 0 Å². The van der Waals surface area contributed by atoms with E-state index in [1.165, 1.54) is 12.1 Å². The zero-order valence-corrected chi connectivity index (χ0v) is 12.7. The second-order valence-electron chi connectivity index (χ2n) is 5.49. The summed E-state index contributed by atoms with van der Waals surface area (Å²) < 4.78 is 19.3. The minimum atomic E-state index is -0.282. The Hall–Kier alpha value is -1.94. The molecule has 0 aliphatic heterocycles. The summed E-state index contributed by atoms with van der Waals surface area (Å²) in [6.45, 7) is 7.10. The largest absolute Gasteiger partial charge is 0.489 e. The molecule has 0 saturated carbocycles. The third-order valence-corrected chi connectivity index (χ3v) is 2.98. The van der Waals surface area contributed by atoms with Crippen molar-refractivity contribution in [2.24, 2.45) is 0 Å². The lowest BCUT2D eigenvalue weighted by Gasteiger charge is -2.11. The number of rotatable bonds is 6. The maximum absolute atomic E-state index is 13.6.